The molecular weight excluding hydrogens is 273 g/mol. The van der Waals surface area contributed by atoms with E-state index in [1.807, 2.05) is 0 Å². The maximum atomic E-state index is 13.2. The number of rotatable bonds is 6. The quantitative estimate of drug-likeness (QED) is 0.642. The Hall–Kier alpha value is -1.63. The summed E-state index contributed by atoms with van der Waals surface area (Å²) < 4.78 is 13.2. The molecule has 7 heteroatoms. The normalized spacial score (nSPS) is 12.4. The first-order valence-electron chi connectivity index (χ1n) is 5.59. The second kappa shape index (κ2) is 6.51. The minimum atomic E-state index is -0.939. The van der Waals surface area contributed by atoms with E-state index in [-0.39, 0.29) is 17.4 Å². The van der Waals surface area contributed by atoms with Gasteiger partial charge < -0.3 is 5.11 Å². The molecule has 0 aromatic heterocycles. The summed E-state index contributed by atoms with van der Waals surface area (Å²) in [6.45, 7) is 3.56. The number of hydrogen-bond acceptors (Lipinski definition) is 4. The van der Waals surface area contributed by atoms with Gasteiger partial charge >= 0.3 is 5.97 Å². The van der Waals surface area contributed by atoms with Crippen molar-refractivity contribution in [1.29, 1.82) is 0 Å². The Labute approximate surface area is 114 Å². The Balaban J connectivity index is 2.82. The Morgan fingerprint density at radius 3 is 2.58 bits per heavy atom. The highest BCUT2D eigenvalue weighted by atomic mass is 32.2. The minimum absolute atomic E-state index is 0.0777. The van der Waals surface area contributed by atoms with Crippen molar-refractivity contribution in [2.45, 2.75) is 24.9 Å². The molecule has 1 unspecified atom stereocenters. The molecule has 19 heavy (non-hydrogen) atoms. The van der Waals surface area contributed by atoms with Crippen LogP contribution in [0.3, 0.4) is 0 Å². The molecular formula is C12H14FNO4S. The van der Waals surface area contributed by atoms with Crippen LogP contribution in [0.15, 0.2) is 18.2 Å². The third-order valence-corrected chi connectivity index (χ3v) is 4.04. The number of nitro groups is 1. The van der Waals surface area contributed by atoms with Gasteiger partial charge in [-0.25, -0.2) is 4.39 Å². The van der Waals surface area contributed by atoms with Crippen molar-refractivity contribution in [1.82, 2.24) is 0 Å². The number of thioether (sulfide) groups is 1. The summed E-state index contributed by atoms with van der Waals surface area (Å²) in [5.74, 6) is -1.49. The molecule has 0 aliphatic rings. The Morgan fingerprint density at radius 1 is 1.47 bits per heavy atom. The predicted octanol–water partition coefficient (Wildman–Crippen LogP) is 3.08. The van der Waals surface area contributed by atoms with Gasteiger partial charge in [0.05, 0.1) is 11.0 Å². The highest BCUT2D eigenvalue weighted by Gasteiger charge is 2.22. The van der Waals surface area contributed by atoms with Crippen LogP contribution in [-0.4, -0.2) is 21.2 Å². The van der Waals surface area contributed by atoms with Gasteiger partial charge in [-0.1, -0.05) is 13.8 Å². The number of carboxylic acid groups (broad SMARTS) is 1. The Kier molecular flexibility index (Phi) is 5.29. The number of hydrogen-bond donors (Lipinski definition) is 1. The first-order valence-corrected chi connectivity index (χ1v) is 6.64. The molecule has 0 amide bonds. The number of benzene rings is 1. The SMILES string of the molecule is CC(C)C(SCc1cc(F)cc([N+](=O)[O-])c1)C(=O)O. The van der Waals surface area contributed by atoms with E-state index in [1.54, 1.807) is 13.8 Å². The molecule has 0 bridgehead atoms. The molecule has 0 saturated carbocycles. The van der Waals surface area contributed by atoms with Crippen molar-refractivity contribution in [3.63, 3.8) is 0 Å². The molecule has 1 N–H and O–H groups in total. The summed E-state index contributed by atoms with van der Waals surface area (Å²) in [5.41, 5.74) is 0.0793. The van der Waals surface area contributed by atoms with Gasteiger partial charge in [0.15, 0.2) is 0 Å². The number of aliphatic carboxylic acids is 1. The second-order valence-electron chi connectivity index (χ2n) is 4.39. The third-order valence-electron chi connectivity index (χ3n) is 2.43. The van der Waals surface area contributed by atoms with Crippen LogP contribution in [0.25, 0.3) is 0 Å². The average Bonchev–Trinajstić information content (AvgIpc) is 2.27. The fourth-order valence-electron chi connectivity index (χ4n) is 1.56. The van der Waals surface area contributed by atoms with Crippen LogP contribution in [0, 0.1) is 21.8 Å². The predicted molar refractivity (Wildman–Crippen MR) is 70.6 cm³/mol. The average molecular weight is 287 g/mol. The number of carbonyl (C=O) groups is 1. The maximum absolute atomic E-state index is 13.2. The van der Waals surface area contributed by atoms with Crippen molar-refractivity contribution in [2.75, 3.05) is 0 Å². The molecule has 0 saturated heterocycles. The van der Waals surface area contributed by atoms with E-state index in [4.69, 9.17) is 5.11 Å². The van der Waals surface area contributed by atoms with Crippen LogP contribution in [0.5, 0.6) is 0 Å². The lowest BCUT2D eigenvalue weighted by Gasteiger charge is -2.15. The standard InChI is InChI=1S/C12H14FNO4S/c1-7(2)11(12(15)16)19-6-8-3-9(13)5-10(4-8)14(17)18/h3-5,7,11H,6H2,1-2H3,(H,15,16). The van der Waals surface area contributed by atoms with E-state index in [1.165, 1.54) is 12.1 Å². The number of nitro benzene ring substituents is 1. The number of non-ortho nitro benzene ring substituents is 1. The van der Waals surface area contributed by atoms with Gasteiger partial charge in [0.2, 0.25) is 0 Å². The summed E-state index contributed by atoms with van der Waals surface area (Å²) in [7, 11) is 0. The van der Waals surface area contributed by atoms with Crippen molar-refractivity contribution in [3.05, 3.63) is 39.7 Å². The number of carboxylic acids is 1. The lowest BCUT2D eigenvalue weighted by molar-refractivity contribution is -0.385. The maximum Gasteiger partial charge on any atom is 0.316 e. The molecule has 0 fully saturated rings. The number of halogens is 1. The zero-order valence-electron chi connectivity index (χ0n) is 10.5. The molecule has 1 aromatic rings. The molecule has 1 aromatic carbocycles. The van der Waals surface area contributed by atoms with Crippen LogP contribution >= 0.6 is 11.8 Å². The van der Waals surface area contributed by atoms with Gasteiger partial charge in [-0.15, -0.1) is 11.8 Å². The molecule has 0 aliphatic heterocycles. The van der Waals surface area contributed by atoms with Gasteiger partial charge in [-0.05, 0) is 17.5 Å². The Bertz CT molecular complexity index is 493. The molecule has 1 rings (SSSR count). The third kappa shape index (κ3) is 4.51. The first-order chi connectivity index (χ1) is 8.81. The van der Waals surface area contributed by atoms with E-state index >= 15 is 0 Å². The van der Waals surface area contributed by atoms with Crippen LogP contribution in [0.1, 0.15) is 19.4 Å². The van der Waals surface area contributed by atoms with Gasteiger partial charge in [-0.2, -0.15) is 0 Å². The largest absolute Gasteiger partial charge is 0.480 e. The molecule has 0 radical (unpaired) electrons. The van der Waals surface area contributed by atoms with Gasteiger partial charge in [-0.3, -0.25) is 14.9 Å². The molecule has 0 aliphatic carbocycles. The molecule has 104 valence electrons. The zero-order valence-corrected chi connectivity index (χ0v) is 11.3. The lowest BCUT2D eigenvalue weighted by atomic mass is 10.1. The fourth-order valence-corrected chi connectivity index (χ4v) is 2.62. The van der Waals surface area contributed by atoms with Crippen LogP contribution < -0.4 is 0 Å². The van der Waals surface area contributed by atoms with Crippen LogP contribution in [-0.2, 0) is 10.5 Å². The van der Waals surface area contributed by atoms with Gasteiger partial charge in [0, 0.05) is 11.8 Å². The lowest BCUT2D eigenvalue weighted by Crippen LogP contribution is -2.22. The van der Waals surface area contributed by atoms with Crippen LogP contribution in [0.2, 0.25) is 0 Å². The first kappa shape index (κ1) is 15.4. The minimum Gasteiger partial charge on any atom is -0.480 e. The smallest absolute Gasteiger partial charge is 0.316 e. The van der Waals surface area contributed by atoms with Gasteiger partial charge in [0.25, 0.3) is 5.69 Å². The fraction of sp³-hybridized carbons (Fsp3) is 0.417. The second-order valence-corrected chi connectivity index (χ2v) is 5.52. The monoisotopic (exact) mass is 287 g/mol. The molecule has 1 atom stereocenters. The van der Waals surface area contributed by atoms with E-state index in [0.29, 0.717) is 5.56 Å². The molecule has 0 spiro atoms. The molecule has 5 nitrogen and oxygen atoms in total. The number of nitrogens with zero attached hydrogens (tertiary/aromatic N) is 1. The van der Waals surface area contributed by atoms with E-state index in [2.05, 4.69) is 0 Å². The summed E-state index contributed by atoms with van der Waals surface area (Å²) in [6.07, 6.45) is 0. The summed E-state index contributed by atoms with van der Waals surface area (Å²) in [6, 6.07) is 3.28. The Morgan fingerprint density at radius 2 is 2.11 bits per heavy atom. The summed E-state index contributed by atoms with van der Waals surface area (Å²) in [5, 5.41) is 19.0. The highest BCUT2D eigenvalue weighted by molar-refractivity contribution is 7.99. The topological polar surface area (TPSA) is 80.4 Å². The van der Waals surface area contributed by atoms with Gasteiger partial charge in [0.1, 0.15) is 11.1 Å². The van der Waals surface area contributed by atoms with Crippen LogP contribution in [0.4, 0.5) is 10.1 Å². The van der Waals surface area contributed by atoms with E-state index in [9.17, 15) is 19.3 Å². The van der Waals surface area contributed by atoms with E-state index in [0.717, 1.165) is 17.8 Å². The molecule has 0 heterocycles. The summed E-state index contributed by atoms with van der Waals surface area (Å²) in [4.78, 5) is 20.9. The van der Waals surface area contributed by atoms with Crippen molar-refractivity contribution < 1.29 is 19.2 Å². The van der Waals surface area contributed by atoms with Crippen molar-refractivity contribution in [3.8, 4) is 0 Å². The zero-order chi connectivity index (χ0) is 14.6. The van der Waals surface area contributed by atoms with Crippen molar-refractivity contribution >= 4 is 23.4 Å². The van der Waals surface area contributed by atoms with Crippen molar-refractivity contribution in [2.24, 2.45) is 5.92 Å². The summed E-state index contributed by atoms with van der Waals surface area (Å²) >= 11 is 1.13. The highest BCUT2D eigenvalue weighted by Crippen LogP contribution is 2.26. The van der Waals surface area contributed by atoms with E-state index < -0.39 is 22.0 Å².